The van der Waals surface area contributed by atoms with Gasteiger partial charge in [-0.2, -0.15) is 4.31 Å². The molecule has 2 saturated heterocycles. The summed E-state index contributed by atoms with van der Waals surface area (Å²) in [7, 11) is -2.29. The number of carbonyl (C=O) groups is 2. The molecule has 1 aromatic carbocycles. The molecule has 0 bridgehead atoms. The van der Waals surface area contributed by atoms with E-state index in [0.29, 0.717) is 38.5 Å². The van der Waals surface area contributed by atoms with Gasteiger partial charge in [-0.05, 0) is 37.3 Å². The normalized spacial score (nSPS) is 20.8. The SMILES string of the molecule is CC(C)CC1COC(=O)N1C1CCN(C(=O)CN(C)S(=O)(=O)c2ccccc2)CC1. The van der Waals surface area contributed by atoms with Gasteiger partial charge in [-0.25, -0.2) is 13.2 Å². The van der Waals surface area contributed by atoms with Crippen molar-refractivity contribution < 1.29 is 22.7 Å². The van der Waals surface area contributed by atoms with E-state index in [1.54, 1.807) is 23.1 Å². The number of likely N-dealkylation sites (tertiary alicyclic amines) is 1. The molecule has 1 unspecified atom stereocenters. The molecule has 0 N–H and O–H groups in total. The van der Waals surface area contributed by atoms with Crippen LogP contribution in [0.4, 0.5) is 4.79 Å². The molecule has 9 heteroatoms. The molecule has 1 atom stereocenters. The molecule has 0 aliphatic carbocycles. The van der Waals surface area contributed by atoms with Crippen LogP contribution in [0.15, 0.2) is 35.2 Å². The fourth-order valence-electron chi connectivity index (χ4n) is 4.19. The predicted octanol–water partition coefficient (Wildman–Crippen LogP) is 2.17. The van der Waals surface area contributed by atoms with E-state index in [0.717, 1.165) is 10.7 Å². The van der Waals surface area contributed by atoms with Crippen molar-refractivity contribution in [2.45, 2.75) is 50.1 Å². The zero-order valence-corrected chi connectivity index (χ0v) is 18.7. The van der Waals surface area contributed by atoms with Gasteiger partial charge in [-0.3, -0.25) is 9.69 Å². The third-order valence-corrected chi connectivity index (χ3v) is 7.58. The maximum absolute atomic E-state index is 12.7. The van der Waals surface area contributed by atoms with E-state index in [1.165, 1.54) is 19.2 Å². The third kappa shape index (κ3) is 4.95. The average Bonchev–Trinajstić information content (AvgIpc) is 3.08. The van der Waals surface area contributed by atoms with Gasteiger partial charge in [0, 0.05) is 26.2 Å². The molecule has 2 aliphatic rings. The first-order valence-corrected chi connectivity index (χ1v) is 11.9. The van der Waals surface area contributed by atoms with Crippen molar-refractivity contribution in [2.24, 2.45) is 5.92 Å². The summed E-state index contributed by atoms with van der Waals surface area (Å²) in [5.74, 6) is 0.244. The van der Waals surface area contributed by atoms with Crippen LogP contribution < -0.4 is 0 Å². The van der Waals surface area contributed by atoms with Gasteiger partial charge in [-0.15, -0.1) is 0 Å². The summed E-state index contributed by atoms with van der Waals surface area (Å²) in [4.78, 5) is 28.6. The van der Waals surface area contributed by atoms with E-state index in [2.05, 4.69) is 13.8 Å². The van der Waals surface area contributed by atoms with Crippen LogP contribution in [0.1, 0.15) is 33.1 Å². The highest BCUT2D eigenvalue weighted by atomic mass is 32.2. The number of likely N-dealkylation sites (N-methyl/N-ethyl adjacent to an activating group) is 1. The van der Waals surface area contributed by atoms with E-state index in [-0.39, 0.29) is 35.5 Å². The number of piperidine rings is 1. The molecule has 0 saturated carbocycles. The lowest BCUT2D eigenvalue weighted by atomic mass is 9.98. The summed E-state index contributed by atoms with van der Waals surface area (Å²) in [6.07, 6.45) is 1.97. The first kappa shape index (κ1) is 22.6. The van der Waals surface area contributed by atoms with Crippen LogP contribution in [0, 0.1) is 5.92 Å². The maximum Gasteiger partial charge on any atom is 0.410 e. The summed E-state index contributed by atoms with van der Waals surface area (Å²) in [5.41, 5.74) is 0. The summed E-state index contributed by atoms with van der Waals surface area (Å²) in [6, 6.07) is 8.24. The highest BCUT2D eigenvalue weighted by Gasteiger charge is 2.40. The Balaban J connectivity index is 1.56. The Morgan fingerprint density at radius 1 is 1.20 bits per heavy atom. The summed E-state index contributed by atoms with van der Waals surface area (Å²) in [5, 5.41) is 0. The van der Waals surface area contributed by atoms with Crippen molar-refractivity contribution in [2.75, 3.05) is 33.3 Å². The summed E-state index contributed by atoms with van der Waals surface area (Å²) < 4.78 is 31.6. The quantitative estimate of drug-likeness (QED) is 0.652. The van der Waals surface area contributed by atoms with E-state index in [4.69, 9.17) is 4.74 Å². The van der Waals surface area contributed by atoms with Gasteiger partial charge >= 0.3 is 6.09 Å². The minimum absolute atomic E-state index is 0.0542. The summed E-state index contributed by atoms with van der Waals surface area (Å²) >= 11 is 0. The molecular formula is C21H31N3O5S. The molecule has 2 amide bonds. The molecule has 2 aliphatic heterocycles. The number of benzene rings is 1. The molecule has 1 aromatic rings. The molecular weight excluding hydrogens is 406 g/mol. The minimum Gasteiger partial charge on any atom is -0.447 e. The number of hydrogen-bond acceptors (Lipinski definition) is 5. The highest BCUT2D eigenvalue weighted by molar-refractivity contribution is 7.89. The number of hydrogen-bond donors (Lipinski definition) is 0. The Bertz CT molecular complexity index is 851. The Hall–Kier alpha value is -2.13. The Morgan fingerprint density at radius 2 is 1.83 bits per heavy atom. The van der Waals surface area contributed by atoms with Crippen LogP contribution in [-0.2, 0) is 19.6 Å². The van der Waals surface area contributed by atoms with E-state index >= 15 is 0 Å². The van der Waals surface area contributed by atoms with E-state index in [9.17, 15) is 18.0 Å². The van der Waals surface area contributed by atoms with Crippen LogP contribution in [0.3, 0.4) is 0 Å². The average molecular weight is 438 g/mol. The van der Waals surface area contributed by atoms with Crippen molar-refractivity contribution in [3.05, 3.63) is 30.3 Å². The van der Waals surface area contributed by atoms with Gasteiger partial charge < -0.3 is 9.64 Å². The molecule has 30 heavy (non-hydrogen) atoms. The molecule has 8 nitrogen and oxygen atoms in total. The molecule has 0 radical (unpaired) electrons. The van der Waals surface area contributed by atoms with Gasteiger partial charge in [0.1, 0.15) is 6.61 Å². The topological polar surface area (TPSA) is 87.2 Å². The van der Waals surface area contributed by atoms with Crippen molar-refractivity contribution in [3.63, 3.8) is 0 Å². The standard InChI is InChI=1S/C21H31N3O5S/c1-16(2)13-18-15-29-21(26)24(18)17-9-11-23(12-10-17)20(25)14-22(3)30(27,28)19-7-5-4-6-8-19/h4-8,16-18H,9-15H2,1-3H3. The Labute approximate surface area is 178 Å². The predicted molar refractivity (Wildman–Crippen MR) is 112 cm³/mol. The van der Waals surface area contributed by atoms with Gasteiger partial charge in [0.25, 0.3) is 0 Å². The van der Waals surface area contributed by atoms with Crippen molar-refractivity contribution in [1.82, 2.24) is 14.1 Å². The lowest BCUT2D eigenvalue weighted by molar-refractivity contribution is -0.132. The second kappa shape index (κ2) is 9.34. The zero-order valence-electron chi connectivity index (χ0n) is 17.9. The van der Waals surface area contributed by atoms with Gasteiger partial charge in [-0.1, -0.05) is 32.0 Å². The van der Waals surface area contributed by atoms with Crippen LogP contribution >= 0.6 is 0 Å². The Morgan fingerprint density at radius 3 is 2.43 bits per heavy atom. The smallest absolute Gasteiger partial charge is 0.410 e. The minimum atomic E-state index is -3.71. The largest absolute Gasteiger partial charge is 0.447 e. The van der Waals surface area contributed by atoms with Gasteiger partial charge in [0.05, 0.1) is 17.5 Å². The molecule has 0 spiro atoms. The Kier molecular flexibility index (Phi) is 7.02. The monoisotopic (exact) mass is 437 g/mol. The molecule has 2 fully saturated rings. The first-order chi connectivity index (χ1) is 14.2. The number of cyclic esters (lactones) is 1. The summed E-state index contributed by atoms with van der Waals surface area (Å²) in [6.45, 7) is 5.48. The molecule has 3 rings (SSSR count). The number of amides is 2. The van der Waals surface area contributed by atoms with E-state index in [1.807, 2.05) is 4.90 Å². The second-order valence-electron chi connectivity index (χ2n) is 8.45. The highest BCUT2D eigenvalue weighted by Crippen LogP contribution is 2.27. The number of ether oxygens (including phenoxy) is 1. The fraction of sp³-hybridized carbons (Fsp3) is 0.619. The lowest BCUT2D eigenvalue weighted by Gasteiger charge is -2.38. The van der Waals surface area contributed by atoms with Crippen molar-refractivity contribution >= 4 is 22.0 Å². The van der Waals surface area contributed by atoms with Crippen LogP contribution in [0.25, 0.3) is 0 Å². The van der Waals surface area contributed by atoms with E-state index < -0.39 is 10.0 Å². The van der Waals surface area contributed by atoms with Gasteiger partial charge in [0.2, 0.25) is 15.9 Å². The van der Waals surface area contributed by atoms with Crippen molar-refractivity contribution in [3.8, 4) is 0 Å². The number of carbonyl (C=O) groups excluding carboxylic acids is 2. The van der Waals surface area contributed by atoms with Crippen LogP contribution in [0.5, 0.6) is 0 Å². The second-order valence-corrected chi connectivity index (χ2v) is 10.5. The number of nitrogens with zero attached hydrogens (tertiary/aromatic N) is 3. The van der Waals surface area contributed by atoms with Crippen LogP contribution in [0.2, 0.25) is 0 Å². The molecule has 0 aromatic heterocycles. The molecule has 166 valence electrons. The third-order valence-electron chi connectivity index (χ3n) is 5.77. The van der Waals surface area contributed by atoms with Crippen LogP contribution in [-0.4, -0.2) is 79.9 Å². The zero-order chi connectivity index (χ0) is 21.9. The lowest BCUT2D eigenvalue weighted by Crippen LogP contribution is -2.51. The first-order valence-electron chi connectivity index (χ1n) is 10.4. The van der Waals surface area contributed by atoms with Gasteiger partial charge in [0.15, 0.2) is 0 Å². The molecule has 2 heterocycles. The fourth-order valence-corrected chi connectivity index (χ4v) is 5.33. The maximum atomic E-state index is 12.7. The number of rotatable bonds is 7. The van der Waals surface area contributed by atoms with Crippen molar-refractivity contribution in [1.29, 1.82) is 0 Å². The number of sulfonamides is 1.